The van der Waals surface area contributed by atoms with E-state index in [1.54, 1.807) is 0 Å². The molecule has 0 radical (unpaired) electrons. The molecule has 0 unspecified atom stereocenters. The fourth-order valence-corrected chi connectivity index (χ4v) is 3.91. The third kappa shape index (κ3) is 2.63. The van der Waals surface area contributed by atoms with Gasteiger partial charge in [-0.15, -0.1) is 11.6 Å². The zero-order valence-electron chi connectivity index (χ0n) is 8.34. The van der Waals surface area contributed by atoms with Crippen LogP contribution in [0.1, 0.15) is 0 Å². The molecule has 14 heavy (non-hydrogen) atoms. The standard InChI is InChI=1S/C6H13ClF3N2OP/c1-11(2)14(13,12(3)4)5(7)6(8,9)10/h5H,1-4H3/t5-/m1/s1. The van der Waals surface area contributed by atoms with Crippen LogP contribution >= 0.6 is 19.0 Å². The maximum atomic E-state index is 12.3. The van der Waals surface area contributed by atoms with Crippen molar-refractivity contribution in [2.24, 2.45) is 0 Å². The molecule has 86 valence electrons. The first-order valence-electron chi connectivity index (χ1n) is 3.70. The third-order valence-electron chi connectivity index (χ3n) is 1.71. The highest BCUT2D eigenvalue weighted by atomic mass is 35.5. The van der Waals surface area contributed by atoms with E-state index < -0.39 is 18.7 Å². The van der Waals surface area contributed by atoms with Crippen molar-refractivity contribution >= 4 is 19.0 Å². The van der Waals surface area contributed by atoms with Crippen LogP contribution in [0.5, 0.6) is 0 Å². The summed E-state index contributed by atoms with van der Waals surface area (Å²) in [5.41, 5.74) is 0. The summed E-state index contributed by atoms with van der Waals surface area (Å²) in [7, 11) is 1.46. The molecule has 0 amide bonds. The summed E-state index contributed by atoms with van der Waals surface area (Å²) in [6.07, 6.45) is -4.67. The first kappa shape index (κ1) is 14.2. The van der Waals surface area contributed by atoms with Crippen molar-refractivity contribution < 1.29 is 17.7 Å². The molecule has 0 aliphatic carbocycles. The molecule has 0 rings (SSSR count). The molecular formula is C6H13ClF3N2OP. The number of alkyl halides is 4. The summed E-state index contributed by atoms with van der Waals surface area (Å²) >= 11 is 5.18. The van der Waals surface area contributed by atoms with Crippen LogP contribution in [0, 0.1) is 0 Å². The predicted molar refractivity (Wildman–Crippen MR) is 50.7 cm³/mol. The van der Waals surface area contributed by atoms with E-state index >= 15 is 0 Å². The van der Waals surface area contributed by atoms with Gasteiger partial charge in [0, 0.05) is 0 Å². The minimum atomic E-state index is -4.67. The third-order valence-corrected chi connectivity index (χ3v) is 5.90. The maximum Gasteiger partial charge on any atom is 0.414 e. The molecule has 0 heterocycles. The number of rotatable bonds is 3. The molecule has 0 N–H and O–H groups in total. The van der Waals surface area contributed by atoms with Crippen molar-refractivity contribution in [3.63, 3.8) is 0 Å². The van der Waals surface area contributed by atoms with Crippen molar-refractivity contribution in [1.82, 2.24) is 9.34 Å². The molecule has 8 heteroatoms. The van der Waals surface area contributed by atoms with Gasteiger partial charge in [-0.3, -0.25) is 4.57 Å². The highest BCUT2D eigenvalue weighted by Crippen LogP contribution is 2.60. The fourth-order valence-electron chi connectivity index (χ4n) is 0.954. The Hall–Kier alpha value is 0.230. The maximum absolute atomic E-state index is 12.3. The van der Waals surface area contributed by atoms with Gasteiger partial charge >= 0.3 is 6.18 Å². The molecule has 1 atom stereocenters. The smallest absolute Gasteiger partial charge is 0.287 e. The van der Waals surface area contributed by atoms with Crippen LogP contribution in [0.2, 0.25) is 0 Å². The van der Waals surface area contributed by atoms with E-state index in [4.69, 9.17) is 11.6 Å². The molecule has 0 aliphatic heterocycles. The van der Waals surface area contributed by atoms with Gasteiger partial charge in [-0.05, 0) is 28.2 Å². The summed E-state index contributed by atoms with van der Waals surface area (Å²) in [6, 6.07) is 0. The molecule has 0 bridgehead atoms. The van der Waals surface area contributed by atoms with Crippen LogP contribution < -0.4 is 0 Å². The van der Waals surface area contributed by atoms with Gasteiger partial charge in [-0.25, -0.2) is 9.34 Å². The number of hydrogen-bond donors (Lipinski definition) is 0. The summed E-state index contributed by atoms with van der Waals surface area (Å²) in [6.45, 7) is 0. The van der Waals surface area contributed by atoms with Gasteiger partial charge in [-0.2, -0.15) is 13.2 Å². The molecule has 0 aliphatic rings. The number of hydrogen-bond acceptors (Lipinski definition) is 1. The Balaban J connectivity index is 5.15. The lowest BCUT2D eigenvalue weighted by Gasteiger charge is -2.34. The second kappa shape index (κ2) is 4.39. The van der Waals surface area contributed by atoms with Gasteiger partial charge in [0.25, 0.3) is 0 Å². The first-order valence-corrected chi connectivity index (χ1v) is 5.82. The van der Waals surface area contributed by atoms with Crippen LogP contribution in [0.15, 0.2) is 0 Å². The van der Waals surface area contributed by atoms with E-state index in [0.29, 0.717) is 0 Å². The first-order chi connectivity index (χ1) is 6.04. The van der Waals surface area contributed by atoms with Crippen molar-refractivity contribution in [2.45, 2.75) is 11.3 Å². The van der Waals surface area contributed by atoms with Gasteiger partial charge in [0.15, 0.2) is 0 Å². The van der Waals surface area contributed by atoms with E-state index in [-0.39, 0.29) is 0 Å². The van der Waals surface area contributed by atoms with Crippen molar-refractivity contribution in [1.29, 1.82) is 0 Å². The highest BCUT2D eigenvalue weighted by molar-refractivity contribution is 7.61. The molecule has 0 aromatic carbocycles. The Kier molecular flexibility index (Phi) is 4.46. The monoisotopic (exact) mass is 252 g/mol. The Morgan fingerprint density at radius 1 is 1.14 bits per heavy atom. The second-order valence-electron chi connectivity index (χ2n) is 3.16. The highest BCUT2D eigenvalue weighted by Gasteiger charge is 2.53. The predicted octanol–water partition coefficient (Wildman–Crippen LogP) is 2.43. The lowest BCUT2D eigenvalue weighted by molar-refractivity contribution is -0.117. The van der Waals surface area contributed by atoms with Crippen molar-refractivity contribution in [2.75, 3.05) is 28.2 Å². The average molecular weight is 253 g/mol. The quantitative estimate of drug-likeness (QED) is 0.569. The molecule has 0 saturated heterocycles. The van der Waals surface area contributed by atoms with Crippen molar-refractivity contribution in [3.8, 4) is 0 Å². The molecular weight excluding hydrogens is 239 g/mol. The minimum Gasteiger partial charge on any atom is -0.287 e. The number of nitrogens with zero attached hydrogens (tertiary/aromatic N) is 2. The average Bonchev–Trinajstić information content (AvgIpc) is 1.99. The van der Waals surface area contributed by atoms with Crippen molar-refractivity contribution in [3.05, 3.63) is 0 Å². The topological polar surface area (TPSA) is 23.6 Å². The van der Waals surface area contributed by atoms with Gasteiger partial charge < -0.3 is 0 Å². The SMILES string of the molecule is CN(C)P(=O)([C@@H](Cl)C(F)(F)F)N(C)C. The molecule has 3 nitrogen and oxygen atoms in total. The largest absolute Gasteiger partial charge is 0.414 e. The molecule has 0 spiro atoms. The van der Waals surface area contributed by atoms with E-state index in [0.717, 1.165) is 9.34 Å². The molecule has 0 fully saturated rings. The van der Waals surface area contributed by atoms with Gasteiger partial charge in [-0.1, -0.05) is 0 Å². The second-order valence-corrected chi connectivity index (χ2v) is 7.20. The zero-order valence-corrected chi connectivity index (χ0v) is 9.99. The lowest BCUT2D eigenvalue weighted by Crippen LogP contribution is -2.34. The van der Waals surface area contributed by atoms with E-state index in [1.165, 1.54) is 28.2 Å². The van der Waals surface area contributed by atoms with Gasteiger partial charge in [0.05, 0.1) is 0 Å². The Morgan fingerprint density at radius 3 is 1.50 bits per heavy atom. The van der Waals surface area contributed by atoms with Gasteiger partial charge in [0.2, 0.25) is 12.6 Å². The number of halogens is 4. The van der Waals surface area contributed by atoms with E-state index in [1.807, 2.05) is 0 Å². The van der Waals surface area contributed by atoms with Crippen LogP contribution in [-0.4, -0.2) is 48.8 Å². The summed E-state index contributed by atoms with van der Waals surface area (Å²) in [5, 5.41) is -2.38. The molecule has 0 aromatic heterocycles. The Labute approximate surface area is 86.3 Å². The molecule has 0 aromatic rings. The fraction of sp³-hybridized carbons (Fsp3) is 1.00. The summed E-state index contributed by atoms with van der Waals surface area (Å²) in [4.78, 5) is 0. The van der Waals surface area contributed by atoms with Gasteiger partial charge in [0.1, 0.15) is 0 Å². The molecule has 0 saturated carbocycles. The summed E-state index contributed by atoms with van der Waals surface area (Å²) < 4.78 is 50.9. The minimum absolute atomic E-state index is 1.01. The lowest BCUT2D eigenvalue weighted by atomic mass is 10.8. The van der Waals surface area contributed by atoms with Crippen LogP contribution in [0.3, 0.4) is 0 Å². The summed E-state index contributed by atoms with van der Waals surface area (Å²) in [5.74, 6) is 0. The van der Waals surface area contributed by atoms with Crippen LogP contribution in [0.25, 0.3) is 0 Å². The normalized spacial score (nSPS) is 16.4. The van der Waals surface area contributed by atoms with E-state index in [2.05, 4.69) is 0 Å². The Bertz CT molecular complexity index is 232. The zero-order chi connectivity index (χ0) is 11.7. The van der Waals surface area contributed by atoms with E-state index in [9.17, 15) is 17.7 Å². The Morgan fingerprint density at radius 2 is 1.43 bits per heavy atom. The van der Waals surface area contributed by atoms with Crippen LogP contribution in [-0.2, 0) is 4.57 Å². The van der Waals surface area contributed by atoms with Crippen LogP contribution in [0.4, 0.5) is 13.2 Å².